The SMILES string of the molecule is Cc1ccc(-n2cnnc2SCc2nc3ccccc3s2)cc1Cl. The molecule has 0 bridgehead atoms. The molecular weight excluding hydrogens is 360 g/mol. The van der Waals surface area contributed by atoms with Crippen molar-refractivity contribution in [1.82, 2.24) is 19.7 Å². The third-order valence-electron chi connectivity index (χ3n) is 3.61. The van der Waals surface area contributed by atoms with Gasteiger partial charge in [-0.2, -0.15) is 0 Å². The molecule has 0 aliphatic heterocycles. The molecule has 0 unspecified atom stereocenters. The van der Waals surface area contributed by atoms with Crippen LogP contribution >= 0.6 is 34.7 Å². The van der Waals surface area contributed by atoms with Gasteiger partial charge in [0.2, 0.25) is 0 Å². The maximum Gasteiger partial charge on any atom is 0.196 e. The van der Waals surface area contributed by atoms with Gasteiger partial charge in [0.25, 0.3) is 0 Å². The Labute approximate surface area is 152 Å². The van der Waals surface area contributed by atoms with E-state index in [-0.39, 0.29) is 0 Å². The molecular formula is C17H13ClN4S2. The van der Waals surface area contributed by atoms with Crippen molar-refractivity contribution in [2.24, 2.45) is 0 Å². The van der Waals surface area contributed by atoms with E-state index in [0.717, 1.165) is 37.7 Å². The Morgan fingerprint density at radius 1 is 1.21 bits per heavy atom. The summed E-state index contributed by atoms with van der Waals surface area (Å²) < 4.78 is 3.16. The van der Waals surface area contributed by atoms with Crippen molar-refractivity contribution in [3.8, 4) is 5.69 Å². The van der Waals surface area contributed by atoms with Crippen LogP contribution in [0.5, 0.6) is 0 Å². The van der Waals surface area contributed by atoms with Gasteiger partial charge in [-0.1, -0.05) is 41.6 Å². The molecule has 2 aromatic heterocycles. The minimum atomic E-state index is 0.739. The fraction of sp³-hybridized carbons (Fsp3) is 0.118. The van der Waals surface area contributed by atoms with E-state index in [1.165, 1.54) is 4.70 Å². The van der Waals surface area contributed by atoms with Crippen LogP contribution in [-0.4, -0.2) is 19.7 Å². The zero-order valence-electron chi connectivity index (χ0n) is 12.8. The van der Waals surface area contributed by atoms with Gasteiger partial charge in [-0.15, -0.1) is 21.5 Å². The van der Waals surface area contributed by atoms with Crippen LogP contribution in [-0.2, 0) is 5.75 Å². The van der Waals surface area contributed by atoms with Gasteiger partial charge in [-0.3, -0.25) is 4.57 Å². The molecule has 4 nitrogen and oxygen atoms in total. The first-order valence-electron chi connectivity index (χ1n) is 7.34. The number of fused-ring (bicyclic) bond motifs is 1. The van der Waals surface area contributed by atoms with Crippen LogP contribution in [0.25, 0.3) is 15.9 Å². The summed E-state index contributed by atoms with van der Waals surface area (Å²) in [6.07, 6.45) is 1.71. The Morgan fingerprint density at radius 2 is 2.08 bits per heavy atom. The molecule has 0 amide bonds. The first kappa shape index (κ1) is 15.6. The summed E-state index contributed by atoms with van der Waals surface area (Å²) in [5.74, 6) is 0.762. The highest BCUT2D eigenvalue weighted by Crippen LogP contribution is 2.29. The fourth-order valence-electron chi connectivity index (χ4n) is 2.34. The van der Waals surface area contributed by atoms with Crippen LogP contribution < -0.4 is 0 Å². The van der Waals surface area contributed by atoms with Gasteiger partial charge in [0.15, 0.2) is 5.16 Å². The van der Waals surface area contributed by atoms with Gasteiger partial charge < -0.3 is 0 Å². The zero-order chi connectivity index (χ0) is 16.5. The predicted molar refractivity (Wildman–Crippen MR) is 100 cm³/mol. The molecule has 7 heteroatoms. The lowest BCUT2D eigenvalue weighted by molar-refractivity contribution is 0.883. The molecule has 0 radical (unpaired) electrons. The van der Waals surface area contributed by atoms with Gasteiger partial charge in [0.1, 0.15) is 11.3 Å². The van der Waals surface area contributed by atoms with Crippen LogP contribution in [0.3, 0.4) is 0 Å². The largest absolute Gasteiger partial charge is 0.277 e. The smallest absolute Gasteiger partial charge is 0.196 e. The Bertz CT molecular complexity index is 976. The number of aryl methyl sites for hydroxylation is 1. The van der Waals surface area contributed by atoms with E-state index in [1.54, 1.807) is 29.4 Å². The molecule has 4 rings (SSSR count). The molecule has 0 N–H and O–H groups in total. The second-order valence-corrected chi connectivity index (χ2v) is 7.75. The Kier molecular flexibility index (Phi) is 4.26. The second kappa shape index (κ2) is 6.55. The minimum Gasteiger partial charge on any atom is -0.277 e. The summed E-state index contributed by atoms with van der Waals surface area (Å²) in [5.41, 5.74) is 3.06. The zero-order valence-corrected chi connectivity index (χ0v) is 15.2. The monoisotopic (exact) mass is 372 g/mol. The van der Waals surface area contributed by atoms with Crippen LogP contribution in [0.4, 0.5) is 0 Å². The van der Waals surface area contributed by atoms with Gasteiger partial charge >= 0.3 is 0 Å². The molecule has 0 aliphatic carbocycles. The topological polar surface area (TPSA) is 43.6 Å². The number of thiazole rings is 1. The molecule has 24 heavy (non-hydrogen) atoms. The normalized spacial score (nSPS) is 11.2. The van der Waals surface area contributed by atoms with Crippen LogP contribution in [0, 0.1) is 6.92 Å². The summed E-state index contributed by atoms with van der Waals surface area (Å²) in [5, 5.41) is 10.9. The summed E-state index contributed by atoms with van der Waals surface area (Å²) in [6.45, 7) is 1.99. The quantitative estimate of drug-likeness (QED) is 0.466. The Hall–Kier alpha value is -1.89. The van der Waals surface area contributed by atoms with Gasteiger partial charge in [-0.25, -0.2) is 4.98 Å². The maximum absolute atomic E-state index is 6.23. The average Bonchev–Trinajstić information content (AvgIpc) is 3.21. The number of nitrogens with zero attached hydrogens (tertiary/aromatic N) is 4. The highest BCUT2D eigenvalue weighted by Gasteiger charge is 2.10. The van der Waals surface area contributed by atoms with E-state index in [1.807, 2.05) is 47.9 Å². The molecule has 120 valence electrons. The lowest BCUT2D eigenvalue weighted by Gasteiger charge is -2.07. The number of para-hydroxylation sites is 1. The van der Waals surface area contributed by atoms with E-state index in [4.69, 9.17) is 11.6 Å². The van der Waals surface area contributed by atoms with E-state index >= 15 is 0 Å². The van der Waals surface area contributed by atoms with Crippen LogP contribution in [0.15, 0.2) is 53.9 Å². The van der Waals surface area contributed by atoms with Crippen LogP contribution in [0.1, 0.15) is 10.6 Å². The number of thioether (sulfide) groups is 1. The van der Waals surface area contributed by atoms with E-state index in [0.29, 0.717) is 0 Å². The molecule has 0 saturated carbocycles. The molecule has 0 aliphatic rings. The third kappa shape index (κ3) is 3.05. The molecule has 2 heterocycles. The van der Waals surface area contributed by atoms with Crippen molar-refractivity contribution in [1.29, 1.82) is 0 Å². The van der Waals surface area contributed by atoms with E-state index < -0.39 is 0 Å². The number of hydrogen-bond donors (Lipinski definition) is 0. The second-order valence-electron chi connectivity index (χ2n) is 5.28. The summed E-state index contributed by atoms with van der Waals surface area (Å²) in [4.78, 5) is 4.66. The van der Waals surface area contributed by atoms with E-state index in [2.05, 4.69) is 21.2 Å². The summed E-state index contributed by atoms with van der Waals surface area (Å²) in [6, 6.07) is 14.1. The third-order valence-corrected chi connectivity index (χ3v) is 6.19. The Morgan fingerprint density at radius 3 is 2.92 bits per heavy atom. The lowest BCUT2D eigenvalue weighted by atomic mass is 10.2. The molecule has 0 saturated heterocycles. The molecule has 0 fully saturated rings. The summed E-state index contributed by atoms with van der Waals surface area (Å²) in [7, 11) is 0. The highest BCUT2D eigenvalue weighted by molar-refractivity contribution is 7.98. The highest BCUT2D eigenvalue weighted by atomic mass is 35.5. The van der Waals surface area contributed by atoms with Crippen molar-refractivity contribution >= 4 is 44.9 Å². The Balaban J connectivity index is 1.57. The maximum atomic E-state index is 6.23. The standard InChI is InChI=1S/C17H13ClN4S2/c1-11-6-7-12(8-13(11)18)22-10-19-21-17(22)23-9-16-20-14-4-2-3-5-15(14)24-16/h2-8,10H,9H2,1H3. The number of aromatic nitrogens is 4. The van der Waals surface area contributed by atoms with Crippen molar-refractivity contribution in [2.75, 3.05) is 0 Å². The molecule has 0 atom stereocenters. The molecule has 4 aromatic rings. The lowest BCUT2D eigenvalue weighted by Crippen LogP contribution is -1.95. The first-order valence-corrected chi connectivity index (χ1v) is 9.52. The number of rotatable bonds is 4. The van der Waals surface area contributed by atoms with Crippen molar-refractivity contribution in [3.05, 3.63) is 64.4 Å². The van der Waals surface area contributed by atoms with Crippen LogP contribution in [0.2, 0.25) is 5.02 Å². The number of hydrogen-bond acceptors (Lipinski definition) is 5. The summed E-state index contributed by atoms with van der Waals surface area (Å²) >= 11 is 9.57. The van der Waals surface area contributed by atoms with Gasteiger partial charge in [0, 0.05) is 5.02 Å². The molecule has 0 spiro atoms. The first-order chi connectivity index (χ1) is 11.7. The van der Waals surface area contributed by atoms with Gasteiger partial charge in [-0.05, 0) is 36.8 Å². The van der Waals surface area contributed by atoms with E-state index in [9.17, 15) is 0 Å². The molecule has 2 aromatic carbocycles. The number of halogens is 1. The fourth-order valence-corrected chi connectivity index (χ4v) is 4.40. The number of benzene rings is 2. The van der Waals surface area contributed by atoms with Crippen molar-refractivity contribution < 1.29 is 0 Å². The minimum absolute atomic E-state index is 0.739. The average molecular weight is 373 g/mol. The van der Waals surface area contributed by atoms with Crippen molar-refractivity contribution in [3.63, 3.8) is 0 Å². The van der Waals surface area contributed by atoms with Crippen molar-refractivity contribution in [2.45, 2.75) is 17.8 Å². The van der Waals surface area contributed by atoms with Gasteiger partial charge in [0.05, 0.1) is 21.7 Å². The predicted octanol–water partition coefficient (Wildman–Crippen LogP) is 5.13.